The van der Waals surface area contributed by atoms with Gasteiger partial charge >= 0.3 is 0 Å². The van der Waals surface area contributed by atoms with Crippen molar-refractivity contribution in [1.29, 1.82) is 0 Å². The third-order valence-corrected chi connectivity index (χ3v) is 5.57. The van der Waals surface area contributed by atoms with Crippen molar-refractivity contribution in [3.63, 3.8) is 0 Å². The number of hydrogen-bond acceptors (Lipinski definition) is 4. The Hall–Kier alpha value is -2.96. The molecule has 5 nitrogen and oxygen atoms in total. The average Bonchev–Trinajstić information content (AvgIpc) is 3.27. The molecule has 1 amide bonds. The Morgan fingerprint density at radius 2 is 1.81 bits per heavy atom. The van der Waals surface area contributed by atoms with Gasteiger partial charge in [0.15, 0.2) is 0 Å². The van der Waals surface area contributed by atoms with Gasteiger partial charge in [0.05, 0.1) is 21.8 Å². The topological polar surface area (TPSA) is 73.8 Å². The van der Waals surface area contributed by atoms with Crippen molar-refractivity contribution in [2.45, 2.75) is 6.92 Å². The molecule has 0 bridgehead atoms. The fourth-order valence-electron chi connectivity index (χ4n) is 2.77. The highest BCUT2D eigenvalue weighted by Crippen LogP contribution is 2.36. The maximum absolute atomic E-state index is 12.0. The van der Waals surface area contributed by atoms with E-state index in [1.165, 1.54) is 11.3 Å². The Morgan fingerprint density at radius 3 is 2.48 bits per heavy atom. The number of aryl methyl sites for hydroxylation is 1. The second-order valence-corrected chi connectivity index (χ2v) is 7.41. The standard InChI is InChI=1S/C20H15ClN4OS/c1-12-18(27-20(23-12)13-7-9-14(21)10-8-13)17-16(19(22)26)11-25(24-17)15-5-3-2-4-6-15/h2-11H,1H3,(H2,22,26). The number of amides is 1. The van der Waals surface area contributed by atoms with Crippen molar-refractivity contribution >= 4 is 28.8 Å². The zero-order valence-corrected chi connectivity index (χ0v) is 16.0. The van der Waals surface area contributed by atoms with Gasteiger partial charge in [0.2, 0.25) is 0 Å². The number of aromatic nitrogens is 3. The van der Waals surface area contributed by atoms with E-state index >= 15 is 0 Å². The molecule has 0 saturated carbocycles. The van der Waals surface area contributed by atoms with E-state index in [1.807, 2.05) is 61.5 Å². The summed E-state index contributed by atoms with van der Waals surface area (Å²) in [7, 11) is 0. The lowest BCUT2D eigenvalue weighted by molar-refractivity contribution is 0.100. The molecule has 2 aromatic heterocycles. The van der Waals surface area contributed by atoms with Crippen LogP contribution in [0.4, 0.5) is 0 Å². The van der Waals surface area contributed by atoms with Gasteiger partial charge in [0.1, 0.15) is 10.7 Å². The number of carbonyl (C=O) groups is 1. The molecular formula is C20H15ClN4OS. The van der Waals surface area contributed by atoms with Crippen LogP contribution in [-0.4, -0.2) is 20.7 Å². The van der Waals surface area contributed by atoms with Crippen LogP contribution >= 0.6 is 22.9 Å². The van der Waals surface area contributed by atoms with E-state index in [2.05, 4.69) is 10.1 Å². The number of para-hydroxylation sites is 1. The summed E-state index contributed by atoms with van der Waals surface area (Å²) in [5, 5.41) is 6.13. The Balaban J connectivity index is 1.82. The van der Waals surface area contributed by atoms with Gasteiger partial charge < -0.3 is 5.73 Å². The van der Waals surface area contributed by atoms with Gasteiger partial charge in [-0.05, 0) is 31.2 Å². The van der Waals surface area contributed by atoms with E-state index < -0.39 is 5.91 Å². The summed E-state index contributed by atoms with van der Waals surface area (Å²) in [6.07, 6.45) is 1.66. The highest BCUT2D eigenvalue weighted by molar-refractivity contribution is 7.18. The number of benzene rings is 2. The molecule has 0 radical (unpaired) electrons. The van der Waals surface area contributed by atoms with E-state index in [-0.39, 0.29) is 0 Å². The molecule has 27 heavy (non-hydrogen) atoms. The van der Waals surface area contributed by atoms with Crippen LogP contribution in [0.25, 0.3) is 26.8 Å². The van der Waals surface area contributed by atoms with Crippen molar-refractivity contribution < 1.29 is 4.79 Å². The molecule has 2 aromatic carbocycles. The minimum absolute atomic E-state index is 0.369. The highest BCUT2D eigenvalue weighted by atomic mass is 35.5. The Labute approximate surface area is 165 Å². The summed E-state index contributed by atoms with van der Waals surface area (Å²) < 4.78 is 1.66. The minimum atomic E-state index is -0.520. The number of hydrogen-bond donors (Lipinski definition) is 1. The van der Waals surface area contributed by atoms with Gasteiger partial charge in [-0.25, -0.2) is 9.67 Å². The summed E-state index contributed by atoms with van der Waals surface area (Å²) in [5.74, 6) is -0.520. The molecule has 0 aliphatic heterocycles. The Morgan fingerprint density at radius 1 is 1.11 bits per heavy atom. The molecule has 0 unspecified atom stereocenters. The molecule has 0 aliphatic rings. The van der Waals surface area contributed by atoms with Crippen LogP contribution in [0.1, 0.15) is 16.1 Å². The van der Waals surface area contributed by atoms with E-state index in [0.29, 0.717) is 16.3 Å². The summed E-state index contributed by atoms with van der Waals surface area (Å²) in [6.45, 7) is 1.90. The van der Waals surface area contributed by atoms with Crippen LogP contribution in [0, 0.1) is 6.92 Å². The third-order valence-electron chi connectivity index (χ3n) is 4.10. The first kappa shape index (κ1) is 17.5. The molecule has 0 saturated heterocycles. The van der Waals surface area contributed by atoms with Crippen LogP contribution in [0.15, 0.2) is 60.8 Å². The first-order valence-electron chi connectivity index (χ1n) is 8.21. The summed E-state index contributed by atoms with van der Waals surface area (Å²) >= 11 is 7.44. The smallest absolute Gasteiger partial charge is 0.252 e. The van der Waals surface area contributed by atoms with Crippen LogP contribution in [0.5, 0.6) is 0 Å². The van der Waals surface area contributed by atoms with Crippen molar-refractivity contribution in [3.05, 3.63) is 77.1 Å². The van der Waals surface area contributed by atoms with Crippen molar-refractivity contribution in [2.75, 3.05) is 0 Å². The minimum Gasteiger partial charge on any atom is -0.365 e. The average molecular weight is 395 g/mol. The summed E-state index contributed by atoms with van der Waals surface area (Å²) in [5.41, 5.74) is 9.13. The fourth-order valence-corrected chi connectivity index (χ4v) is 3.96. The molecule has 0 atom stereocenters. The highest BCUT2D eigenvalue weighted by Gasteiger charge is 2.21. The van der Waals surface area contributed by atoms with Crippen LogP contribution in [0.2, 0.25) is 5.02 Å². The van der Waals surface area contributed by atoms with E-state index in [9.17, 15) is 4.79 Å². The van der Waals surface area contributed by atoms with Crippen LogP contribution < -0.4 is 5.73 Å². The van der Waals surface area contributed by atoms with E-state index in [1.54, 1.807) is 10.9 Å². The molecule has 2 N–H and O–H groups in total. The monoisotopic (exact) mass is 394 g/mol. The number of rotatable bonds is 4. The van der Waals surface area contributed by atoms with E-state index in [4.69, 9.17) is 17.3 Å². The Kier molecular flexibility index (Phi) is 4.51. The van der Waals surface area contributed by atoms with Crippen molar-refractivity contribution in [2.24, 2.45) is 5.73 Å². The first-order valence-corrected chi connectivity index (χ1v) is 9.41. The van der Waals surface area contributed by atoms with Crippen LogP contribution in [0.3, 0.4) is 0 Å². The van der Waals surface area contributed by atoms with Gasteiger partial charge in [-0.3, -0.25) is 4.79 Å². The SMILES string of the molecule is Cc1nc(-c2ccc(Cl)cc2)sc1-c1nn(-c2ccccc2)cc1C(N)=O. The molecule has 0 fully saturated rings. The zero-order valence-electron chi connectivity index (χ0n) is 14.4. The van der Waals surface area contributed by atoms with Gasteiger partial charge in [-0.1, -0.05) is 41.9 Å². The molecule has 2 heterocycles. The molecule has 0 aliphatic carbocycles. The number of primary amides is 1. The molecule has 4 rings (SSSR count). The lowest BCUT2D eigenvalue weighted by atomic mass is 10.2. The summed E-state index contributed by atoms with van der Waals surface area (Å²) in [4.78, 5) is 17.5. The number of halogens is 1. The second kappa shape index (κ2) is 6.98. The lowest BCUT2D eigenvalue weighted by Gasteiger charge is -1.99. The molecule has 134 valence electrons. The molecule has 7 heteroatoms. The van der Waals surface area contributed by atoms with E-state index in [0.717, 1.165) is 26.8 Å². The van der Waals surface area contributed by atoms with Crippen LogP contribution in [-0.2, 0) is 0 Å². The van der Waals surface area contributed by atoms with Gasteiger partial charge in [0, 0.05) is 16.8 Å². The fraction of sp³-hybridized carbons (Fsp3) is 0.0500. The number of nitrogens with zero attached hydrogens (tertiary/aromatic N) is 3. The molecular weight excluding hydrogens is 380 g/mol. The third kappa shape index (κ3) is 3.37. The zero-order chi connectivity index (χ0) is 19.0. The first-order chi connectivity index (χ1) is 13.0. The normalized spacial score (nSPS) is 10.9. The number of thiazole rings is 1. The second-order valence-electron chi connectivity index (χ2n) is 5.98. The largest absolute Gasteiger partial charge is 0.365 e. The molecule has 4 aromatic rings. The predicted octanol–water partition coefficient (Wildman–Crippen LogP) is 4.72. The number of carbonyl (C=O) groups excluding carboxylic acids is 1. The Bertz CT molecular complexity index is 1120. The number of nitrogens with two attached hydrogens (primary N) is 1. The maximum Gasteiger partial charge on any atom is 0.252 e. The lowest BCUT2D eigenvalue weighted by Crippen LogP contribution is -2.11. The quantitative estimate of drug-likeness (QED) is 0.544. The maximum atomic E-state index is 12.0. The van der Waals surface area contributed by atoms with Gasteiger partial charge in [0.25, 0.3) is 5.91 Å². The predicted molar refractivity (Wildman–Crippen MR) is 108 cm³/mol. The van der Waals surface area contributed by atoms with Crippen molar-refractivity contribution in [3.8, 4) is 26.8 Å². The van der Waals surface area contributed by atoms with Gasteiger partial charge in [-0.2, -0.15) is 5.10 Å². The van der Waals surface area contributed by atoms with Crippen molar-refractivity contribution in [1.82, 2.24) is 14.8 Å². The molecule has 0 spiro atoms. The van der Waals surface area contributed by atoms with Gasteiger partial charge in [-0.15, -0.1) is 11.3 Å². The summed E-state index contributed by atoms with van der Waals surface area (Å²) in [6, 6.07) is 17.1.